The van der Waals surface area contributed by atoms with Crippen LogP contribution in [0.3, 0.4) is 0 Å². The maximum Gasteiger partial charge on any atom is 0.0745 e. The molecule has 23 heavy (non-hydrogen) atoms. The molecular weight excluding hydrogens is 282 g/mol. The second-order valence-corrected chi connectivity index (χ2v) is 6.32. The van der Waals surface area contributed by atoms with Gasteiger partial charge in [-0.05, 0) is 50.5 Å². The number of para-hydroxylation sites is 1. The second-order valence-electron chi connectivity index (χ2n) is 6.32. The van der Waals surface area contributed by atoms with Gasteiger partial charge in [0.15, 0.2) is 0 Å². The molecule has 1 atom stereocenters. The van der Waals surface area contributed by atoms with Gasteiger partial charge in [0.05, 0.1) is 11.2 Å². The van der Waals surface area contributed by atoms with Gasteiger partial charge in [-0.1, -0.05) is 18.2 Å². The monoisotopic (exact) mass is 303 g/mol. The molecule has 0 saturated carbocycles. The summed E-state index contributed by atoms with van der Waals surface area (Å²) in [6.45, 7) is 3.46. The number of fused-ring (bicyclic) bond motifs is 1. The van der Waals surface area contributed by atoms with Crippen LogP contribution in [-0.2, 0) is 0 Å². The molecule has 0 aliphatic carbocycles. The van der Waals surface area contributed by atoms with Crippen LogP contribution in [0.1, 0.15) is 26.2 Å². The molecule has 1 fully saturated rings. The van der Waals surface area contributed by atoms with Gasteiger partial charge in [0.1, 0.15) is 0 Å². The number of anilines is 1. The average Bonchev–Trinajstić information content (AvgIpc) is 2.62. The first-order valence-electron chi connectivity index (χ1n) is 8.40. The van der Waals surface area contributed by atoms with Crippen molar-refractivity contribution in [3.8, 4) is 11.3 Å². The quantitative estimate of drug-likeness (QED) is 0.688. The summed E-state index contributed by atoms with van der Waals surface area (Å²) in [5.74, 6) is 0. The van der Waals surface area contributed by atoms with Crippen molar-refractivity contribution >= 4 is 16.6 Å². The lowest BCUT2D eigenvalue weighted by Gasteiger charge is -2.36. The van der Waals surface area contributed by atoms with E-state index in [1.54, 1.807) is 6.20 Å². The number of aromatic nitrogens is 2. The molecule has 3 heteroatoms. The molecule has 1 aromatic carbocycles. The van der Waals surface area contributed by atoms with Crippen molar-refractivity contribution in [2.24, 2.45) is 0 Å². The first-order valence-corrected chi connectivity index (χ1v) is 8.40. The van der Waals surface area contributed by atoms with Gasteiger partial charge in [-0.3, -0.25) is 4.98 Å². The zero-order chi connectivity index (χ0) is 15.6. The Balaban J connectivity index is 1.91. The van der Waals surface area contributed by atoms with Crippen LogP contribution in [0.15, 0.2) is 54.9 Å². The summed E-state index contributed by atoms with van der Waals surface area (Å²) in [5, 5.41) is 1.24. The van der Waals surface area contributed by atoms with E-state index in [0.29, 0.717) is 6.04 Å². The van der Waals surface area contributed by atoms with Crippen molar-refractivity contribution < 1.29 is 0 Å². The molecule has 116 valence electrons. The average molecular weight is 303 g/mol. The highest BCUT2D eigenvalue weighted by atomic mass is 15.2. The zero-order valence-electron chi connectivity index (χ0n) is 13.4. The second kappa shape index (κ2) is 5.99. The number of benzene rings is 1. The fourth-order valence-electron chi connectivity index (χ4n) is 3.51. The Hall–Kier alpha value is -2.42. The van der Waals surface area contributed by atoms with Gasteiger partial charge in [-0.15, -0.1) is 0 Å². The highest BCUT2D eigenvalue weighted by Gasteiger charge is 2.21. The van der Waals surface area contributed by atoms with Crippen LogP contribution >= 0.6 is 0 Å². The predicted octanol–water partition coefficient (Wildman–Crippen LogP) is 4.68. The number of pyridine rings is 2. The lowest BCUT2D eigenvalue weighted by atomic mass is 10.0. The third-order valence-electron chi connectivity index (χ3n) is 4.76. The molecule has 0 radical (unpaired) electrons. The van der Waals surface area contributed by atoms with E-state index in [1.165, 1.54) is 30.3 Å². The maximum absolute atomic E-state index is 4.86. The van der Waals surface area contributed by atoms with E-state index in [1.807, 2.05) is 12.3 Å². The first-order chi connectivity index (χ1) is 11.3. The number of hydrogen-bond acceptors (Lipinski definition) is 3. The number of rotatable bonds is 2. The molecular formula is C20H21N3. The molecule has 1 unspecified atom stereocenters. The number of hydrogen-bond donors (Lipinski definition) is 0. The van der Waals surface area contributed by atoms with Gasteiger partial charge >= 0.3 is 0 Å². The highest BCUT2D eigenvalue weighted by Crippen LogP contribution is 2.34. The Morgan fingerprint density at radius 1 is 1.09 bits per heavy atom. The predicted molar refractivity (Wildman–Crippen MR) is 95.6 cm³/mol. The van der Waals surface area contributed by atoms with E-state index in [9.17, 15) is 0 Å². The van der Waals surface area contributed by atoms with Crippen molar-refractivity contribution in [3.05, 3.63) is 54.9 Å². The molecule has 3 heterocycles. The van der Waals surface area contributed by atoms with Crippen LogP contribution in [0.5, 0.6) is 0 Å². The van der Waals surface area contributed by atoms with Gasteiger partial charge in [-0.2, -0.15) is 0 Å². The van der Waals surface area contributed by atoms with Gasteiger partial charge in [-0.25, -0.2) is 4.98 Å². The van der Waals surface area contributed by atoms with Gasteiger partial charge in [0.2, 0.25) is 0 Å². The third-order valence-corrected chi connectivity index (χ3v) is 4.76. The van der Waals surface area contributed by atoms with E-state index in [0.717, 1.165) is 23.3 Å². The zero-order valence-corrected chi connectivity index (χ0v) is 13.4. The van der Waals surface area contributed by atoms with Crippen molar-refractivity contribution in [1.29, 1.82) is 0 Å². The topological polar surface area (TPSA) is 29.0 Å². The summed E-state index contributed by atoms with van der Waals surface area (Å²) < 4.78 is 0. The lowest BCUT2D eigenvalue weighted by Crippen LogP contribution is -2.37. The Kier molecular flexibility index (Phi) is 3.70. The molecule has 1 aliphatic rings. The minimum absolute atomic E-state index is 0.580. The minimum Gasteiger partial charge on any atom is -0.368 e. The first kappa shape index (κ1) is 14.2. The summed E-state index contributed by atoms with van der Waals surface area (Å²) in [4.78, 5) is 11.7. The Bertz CT molecular complexity index is 813. The molecule has 3 nitrogen and oxygen atoms in total. The highest BCUT2D eigenvalue weighted by molar-refractivity contribution is 5.94. The standard InChI is InChI=1S/C20H21N3/c1-15-7-4-5-12-23(15)20-13-19(16-8-6-11-21-14-16)22-18-10-3-2-9-17(18)20/h2-3,6,8-11,13-15H,4-5,7,12H2,1H3. The molecule has 2 aromatic heterocycles. The summed E-state index contributed by atoms with van der Waals surface area (Å²) in [6, 6.07) is 15.3. The van der Waals surface area contributed by atoms with Crippen molar-refractivity contribution in [2.75, 3.05) is 11.4 Å². The molecule has 0 spiro atoms. The van der Waals surface area contributed by atoms with E-state index in [-0.39, 0.29) is 0 Å². The number of nitrogens with zero attached hydrogens (tertiary/aromatic N) is 3. The van der Waals surface area contributed by atoms with Crippen molar-refractivity contribution in [1.82, 2.24) is 9.97 Å². The molecule has 3 aromatic rings. The largest absolute Gasteiger partial charge is 0.368 e. The van der Waals surface area contributed by atoms with Crippen LogP contribution < -0.4 is 4.90 Å². The molecule has 0 amide bonds. The normalized spacial score (nSPS) is 18.3. The van der Waals surface area contributed by atoms with Crippen LogP contribution in [-0.4, -0.2) is 22.6 Å². The lowest BCUT2D eigenvalue weighted by molar-refractivity contribution is 0.486. The minimum atomic E-state index is 0.580. The summed E-state index contributed by atoms with van der Waals surface area (Å²) in [7, 11) is 0. The summed E-state index contributed by atoms with van der Waals surface area (Å²) >= 11 is 0. The van der Waals surface area contributed by atoms with E-state index in [2.05, 4.69) is 53.2 Å². The van der Waals surface area contributed by atoms with Gasteiger partial charge in [0.25, 0.3) is 0 Å². The third kappa shape index (κ3) is 2.67. The van der Waals surface area contributed by atoms with Crippen molar-refractivity contribution in [2.45, 2.75) is 32.2 Å². The molecule has 1 aliphatic heterocycles. The van der Waals surface area contributed by atoms with E-state index in [4.69, 9.17) is 4.98 Å². The summed E-state index contributed by atoms with van der Waals surface area (Å²) in [6.07, 6.45) is 7.55. The van der Waals surface area contributed by atoms with Crippen LogP contribution in [0.25, 0.3) is 22.2 Å². The van der Waals surface area contributed by atoms with Crippen LogP contribution in [0.4, 0.5) is 5.69 Å². The molecule has 4 rings (SSSR count). The Labute approximate surface area is 137 Å². The Morgan fingerprint density at radius 2 is 2.00 bits per heavy atom. The van der Waals surface area contributed by atoms with Gasteiger partial charge < -0.3 is 4.90 Å². The maximum atomic E-state index is 4.86. The number of piperidine rings is 1. The SMILES string of the molecule is CC1CCCCN1c1cc(-c2cccnc2)nc2ccccc12. The van der Waals surface area contributed by atoms with E-state index < -0.39 is 0 Å². The molecule has 0 N–H and O–H groups in total. The van der Waals surface area contributed by atoms with Crippen LogP contribution in [0, 0.1) is 0 Å². The molecule has 0 bridgehead atoms. The fourth-order valence-corrected chi connectivity index (χ4v) is 3.51. The van der Waals surface area contributed by atoms with Crippen LogP contribution in [0.2, 0.25) is 0 Å². The summed E-state index contributed by atoms with van der Waals surface area (Å²) in [5.41, 5.74) is 4.44. The molecule has 1 saturated heterocycles. The Morgan fingerprint density at radius 3 is 2.83 bits per heavy atom. The van der Waals surface area contributed by atoms with Gasteiger partial charge in [0, 0.05) is 41.6 Å². The smallest absolute Gasteiger partial charge is 0.0745 e. The fraction of sp³-hybridized carbons (Fsp3) is 0.300. The van der Waals surface area contributed by atoms with Crippen molar-refractivity contribution in [3.63, 3.8) is 0 Å². The van der Waals surface area contributed by atoms with E-state index >= 15 is 0 Å².